The number of hydrogen-bond donors (Lipinski definition) is 2. The lowest BCUT2D eigenvalue weighted by Crippen LogP contribution is -2.36. The summed E-state index contributed by atoms with van der Waals surface area (Å²) in [6, 6.07) is 5.73. The highest BCUT2D eigenvalue weighted by Crippen LogP contribution is 2.44. The first-order chi connectivity index (χ1) is 15.2. The van der Waals surface area contributed by atoms with Crippen molar-refractivity contribution in [2.24, 2.45) is 0 Å². The first kappa shape index (κ1) is 22.8. The lowest BCUT2D eigenvalue weighted by molar-refractivity contribution is -0.113. The summed E-state index contributed by atoms with van der Waals surface area (Å²) in [5.41, 5.74) is 0.964. The molecule has 2 atom stereocenters. The summed E-state index contributed by atoms with van der Waals surface area (Å²) in [5.74, 6) is 1.94. The number of ether oxygens (including phenoxy) is 3. The van der Waals surface area contributed by atoms with Gasteiger partial charge in [0.2, 0.25) is 5.91 Å². The minimum atomic E-state index is -0.316. The Morgan fingerprint density at radius 1 is 1.25 bits per heavy atom. The third kappa shape index (κ3) is 4.54. The molecule has 2 aliphatic rings. The standard InChI is InChI=1S/C23H31N3O5S/c1-13(2)31-16-7-6-14(10-17(16)29-5)20-19-21(24-18(27)12-32-20)26(25-22(19)28)15-8-9-30-23(3,4)11-15/h6-7,10,13,15,20H,8-9,11-12H2,1-5H3,(H,24,27)(H,25,28)/t15-,20+/m1/s1. The third-order valence-corrected chi connectivity index (χ3v) is 7.02. The molecule has 3 heterocycles. The SMILES string of the molecule is COc1cc([C@@H]2SCC(=O)Nc3c2c(=O)[nH]n3[C@@H]2CCOC(C)(C)C2)ccc1OC(C)C. The molecule has 2 N–H and O–H groups in total. The Morgan fingerprint density at radius 3 is 2.72 bits per heavy atom. The molecule has 0 radical (unpaired) electrons. The fourth-order valence-electron chi connectivity index (χ4n) is 4.40. The number of nitrogens with one attached hydrogen (secondary N) is 2. The van der Waals surface area contributed by atoms with Gasteiger partial charge in [0.15, 0.2) is 11.5 Å². The number of hydrogen-bond acceptors (Lipinski definition) is 6. The van der Waals surface area contributed by atoms with Crippen LogP contribution in [0.1, 0.15) is 63.0 Å². The van der Waals surface area contributed by atoms with Crippen LogP contribution in [-0.4, -0.2) is 46.9 Å². The summed E-state index contributed by atoms with van der Waals surface area (Å²) in [6.07, 6.45) is 1.52. The van der Waals surface area contributed by atoms with Crippen molar-refractivity contribution in [3.8, 4) is 11.5 Å². The van der Waals surface area contributed by atoms with Crippen molar-refractivity contribution in [2.45, 2.75) is 63.5 Å². The molecule has 1 fully saturated rings. The number of amides is 1. The normalized spacial score (nSPS) is 22.8. The zero-order valence-electron chi connectivity index (χ0n) is 19.2. The zero-order chi connectivity index (χ0) is 23.0. The van der Waals surface area contributed by atoms with Crippen LogP contribution in [0.3, 0.4) is 0 Å². The largest absolute Gasteiger partial charge is 0.493 e. The Morgan fingerprint density at radius 2 is 2.03 bits per heavy atom. The number of benzene rings is 1. The third-order valence-electron chi connectivity index (χ3n) is 5.75. The molecule has 1 saturated heterocycles. The van der Waals surface area contributed by atoms with E-state index >= 15 is 0 Å². The van der Waals surface area contributed by atoms with Crippen molar-refractivity contribution in [1.82, 2.24) is 9.78 Å². The molecular formula is C23H31N3O5S. The Bertz CT molecular complexity index is 1060. The number of rotatable bonds is 5. The summed E-state index contributed by atoms with van der Waals surface area (Å²) >= 11 is 1.43. The van der Waals surface area contributed by atoms with Crippen molar-refractivity contribution in [1.29, 1.82) is 0 Å². The van der Waals surface area contributed by atoms with Gasteiger partial charge in [0.1, 0.15) is 5.82 Å². The highest BCUT2D eigenvalue weighted by Gasteiger charge is 2.36. The number of nitrogens with zero attached hydrogens (tertiary/aromatic N) is 1. The van der Waals surface area contributed by atoms with Gasteiger partial charge in [-0.25, -0.2) is 0 Å². The highest BCUT2D eigenvalue weighted by atomic mass is 32.2. The predicted octanol–water partition coefficient (Wildman–Crippen LogP) is 3.88. The van der Waals surface area contributed by atoms with Gasteiger partial charge in [0, 0.05) is 6.61 Å². The van der Waals surface area contributed by atoms with E-state index in [1.807, 2.05) is 50.6 Å². The second kappa shape index (κ2) is 8.86. The summed E-state index contributed by atoms with van der Waals surface area (Å²) in [6.45, 7) is 8.61. The van der Waals surface area contributed by atoms with Crippen molar-refractivity contribution >= 4 is 23.5 Å². The van der Waals surface area contributed by atoms with Crippen molar-refractivity contribution in [3.63, 3.8) is 0 Å². The number of anilines is 1. The van der Waals surface area contributed by atoms with Crippen LogP contribution in [0.25, 0.3) is 0 Å². The van der Waals surface area contributed by atoms with Gasteiger partial charge in [-0.2, -0.15) is 0 Å². The highest BCUT2D eigenvalue weighted by molar-refractivity contribution is 8.00. The van der Waals surface area contributed by atoms with E-state index in [2.05, 4.69) is 10.4 Å². The molecule has 8 nitrogen and oxygen atoms in total. The topological polar surface area (TPSA) is 94.6 Å². The quantitative estimate of drug-likeness (QED) is 0.702. The maximum atomic E-state index is 13.2. The number of H-pyrrole nitrogens is 1. The maximum Gasteiger partial charge on any atom is 0.270 e. The van der Waals surface area contributed by atoms with E-state index in [1.54, 1.807) is 7.11 Å². The fraction of sp³-hybridized carbons (Fsp3) is 0.565. The summed E-state index contributed by atoms with van der Waals surface area (Å²) in [5, 5.41) is 5.66. The van der Waals surface area contributed by atoms with Gasteiger partial charge >= 0.3 is 0 Å². The zero-order valence-corrected chi connectivity index (χ0v) is 20.0. The van der Waals surface area contributed by atoms with Crippen LogP contribution in [0, 0.1) is 0 Å². The molecule has 0 aliphatic carbocycles. The van der Waals surface area contributed by atoms with Gasteiger partial charge in [0.05, 0.1) is 41.4 Å². The molecule has 4 rings (SSSR count). The van der Waals surface area contributed by atoms with Crippen molar-refractivity contribution < 1.29 is 19.0 Å². The molecular weight excluding hydrogens is 430 g/mol. The molecule has 2 aliphatic heterocycles. The molecule has 1 amide bonds. The van der Waals surface area contributed by atoms with Crippen LogP contribution in [0.2, 0.25) is 0 Å². The minimum absolute atomic E-state index is 0.0102. The van der Waals surface area contributed by atoms with Crippen LogP contribution < -0.4 is 20.3 Å². The number of thioether (sulfide) groups is 1. The number of fused-ring (bicyclic) bond motifs is 1. The van der Waals surface area contributed by atoms with Gasteiger partial charge in [0.25, 0.3) is 5.56 Å². The van der Waals surface area contributed by atoms with Gasteiger partial charge in [-0.1, -0.05) is 6.07 Å². The van der Waals surface area contributed by atoms with Crippen LogP contribution >= 0.6 is 11.8 Å². The Balaban J connectivity index is 1.77. The van der Waals surface area contributed by atoms with Gasteiger partial charge in [-0.15, -0.1) is 11.8 Å². The van der Waals surface area contributed by atoms with Crippen LogP contribution in [0.5, 0.6) is 11.5 Å². The summed E-state index contributed by atoms with van der Waals surface area (Å²) in [7, 11) is 1.60. The molecule has 32 heavy (non-hydrogen) atoms. The number of carbonyl (C=O) groups is 1. The lowest BCUT2D eigenvalue weighted by atomic mass is 9.94. The van der Waals surface area contributed by atoms with Gasteiger partial charge in [-0.3, -0.25) is 19.4 Å². The summed E-state index contributed by atoms with van der Waals surface area (Å²) in [4.78, 5) is 25.7. The van der Waals surface area contributed by atoms with Gasteiger partial charge < -0.3 is 19.5 Å². The molecule has 0 spiro atoms. The number of aromatic nitrogens is 2. The summed E-state index contributed by atoms with van der Waals surface area (Å²) < 4.78 is 19.1. The lowest BCUT2D eigenvalue weighted by Gasteiger charge is -2.36. The van der Waals surface area contributed by atoms with E-state index < -0.39 is 0 Å². The molecule has 1 aromatic carbocycles. The number of carbonyl (C=O) groups excluding carboxylic acids is 1. The average molecular weight is 462 g/mol. The average Bonchev–Trinajstić information content (AvgIpc) is 2.93. The Hall–Kier alpha value is -2.39. The van der Waals surface area contributed by atoms with Crippen molar-refractivity contribution in [3.05, 3.63) is 39.7 Å². The van der Waals surface area contributed by atoms with E-state index in [0.29, 0.717) is 29.5 Å². The van der Waals surface area contributed by atoms with Crippen LogP contribution in [0.4, 0.5) is 5.82 Å². The second-order valence-electron chi connectivity index (χ2n) is 9.14. The second-order valence-corrected chi connectivity index (χ2v) is 10.2. The van der Waals surface area contributed by atoms with E-state index in [9.17, 15) is 9.59 Å². The maximum absolute atomic E-state index is 13.2. The molecule has 9 heteroatoms. The Kier molecular flexibility index (Phi) is 6.31. The predicted molar refractivity (Wildman–Crippen MR) is 125 cm³/mol. The van der Waals surface area contributed by atoms with E-state index in [1.165, 1.54) is 11.8 Å². The van der Waals surface area contributed by atoms with E-state index in [0.717, 1.165) is 18.4 Å². The molecule has 0 bridgehead atoms. The first-order valence-corrected chi connectivity index (χ1v) is 12.0. The molecule has 0 unspecified atom stereocenters. The van der Waals surface area contributed by atoms with E-state index in [4.69, 9.17) is 14.2 Å². The number of methoxy groups -OCH3 is 1. The number of aromatic amines is 1. The van der Waals surface area contributed by atoms with Crippen LogP contribution in [-0.2, 0) is 9.53 Å². The van der Waals surface area contributed by atoms with Gasteiger partial charge in [-0.05, 0) is 58.2 Å². The first-order valence-electron chi connectivity index (χ1n) is 10.9. The van der Waals surface area contributed by atoms with Crippen LogP contribution in [0.15, 0.2) is 23.0 Å². The fourth-order valence-corrected chi connectivity index (χ4v) is 5.51. The minimum Gasteiger partial charge on any atom is -0.493 e. The molecule has 2 aromatic rings. The molecule has 174 valence electrons. The molecule has 0 saturated carbocycles. The molecule has 1 aromatic heterocycles. The Labute approximate surface area is 192 Å². The van der Waals surface area contributed by atoms with Crippen molar-refractivity contribution in [2.75, 3.05) is 24.8 Å². The van der Waals surface area contributed by atoms with E-state index in [-0.39, 0.29) is 40.2 Å². The monoisotopic (exact) mass is 461 g/mol. The smallest absolute Gasteiger partial charge is 0.270 e.